The molecule has 9 heteroatoms. The molecule has 0 unspecified atom stereocenters. The van der Waals surface area contributed by atoms with Crippen LogP contribution in [-0.2, 0) is 15.7 Å². The van der Waals surface area contributed by atoms with Gasteiger partial charge in [0.05, 0.1) is 30.2 Å². The molecule has 1 aliphatic heterocycles. The van der Waals surface area contributed by atoms with Gasteiger partial charge in [0.25, 0.3) is 0 Å². The summed E-state index contributed by atoms with van der Waals surface area (Å²) in [7, 11) is 0. The predicted molar refractivity (Wildman–Crippen MR) is 121 cm³/mol. The lowest BCUT2D eigenvalue weighted by atomic mass is 10.1. The van der Waals surface area contributed by atoms with Crippen LogP contribution in [0, 0.1) is 0 Å². The highest BCUT2D eigenvalue weighted by molar-refractivity contribution is 6.02. The summed E-state index contributed by atoms with van der Waals surface area (Å²) < 4.78 is 49.7. The molecule has 0 spiro atoms. The molecular weight excluding hydrogens is 435 g/mol. The van der Waals surface area contributed by atoms with Crippen molar-refractivity contribution >= 4 is 29.0 Å². The highest BCUT2D eigenvalue weighted by Crippen LogP contribution is 2.33. The smallest absolute Gasteiger partial charge is 0.416 e. The highest BCUT2D eigenvalue weighted by atomic mass is 19.4. The topological polar surface area (TPSA) is 80.7 Å². The normalized spacial score (nSPS) is 14.6. The summed E-state index contributed by atoms with van der Waals surface area (Å²) in [6, 6.07) is 13.3. The Kier molecular flexibility index (Phi) is 6.41. The number of halogens is 3. The van der Waals surface area contributed by atoms with Gasteiger partial charge in [-0.25, -0.2) is 0 Å². The summed E-state index contributed by atoms with van der Waals surface area (Å²) in [6.45, 7) is 2.80. The van der Waals surface area contributed by atoms with E-state index in [0.29, 0.717) is 35.9 Å². The van der Waals surface area contributed by atoms with Crippen molar-refractivity contribution in [3.05, 3.63) is 72.0 Å². The molecule has 1 aromatic heterocycles. The van der Waals surface area contributed by atoms with Crippen molar-refractivity contribution in [1.29, 1.82) is 0 Å². The van der Waals surface area contributed by atoms with Gasteiger partial charge in [-0.15, -0.1) is 0 Å². The van der Waals surface area contributed by atoms with Crippen LogP contribution < -0.4 is 16.0 Å². The summed E-state index contributed by atoms with van der Waals surface area (Å²) in [6.07, 6.45) is -1.72. The Morgan fingerprint density at radius 3 is 2.58 bits per heavy atom. The molecule has 0 atom stereocenters. The van der Waals surface area contributed by atoms with Crippen LogP contribution in [0.4, 0.5) is 30.2 Å². The third-order valence-electron chi connectivity index (χ3n) is 5.15. The van der Waals surface area contributed by atoms with E-state index in [1.807, 2.05) is 6.07 Å². The fraction of sp³-hybridized carbons (Fsp3) is 0.208. The van der Waals surface area contributed by atoms with E-state index in [1.165, 1.54) is 24.3 Å². The Balaban J connectivity index is 1.40. The lowest BCUT2D eigenvalue weighted by Crippen LogP contribution is -2.36. The van der Waals surface area contributed by atoms with Crippen LogP contribution in [0.2, 0.25) is 0 Å². The molecule has 0 bridgehead atoms. The van der Waals surface area contributed by atoms with Gasteiger partial charge in [-0.1, -0.05) is 12.1 Å². The van der Waals surface area contributed by atoms with Gasteiger partial charge in [0.2, 0.25) is 5.91 Å². The first kappa shape index (κ1) is 22.5. The number of carbonyl (C=O) groups excluding carboxylic acids is 1. The van der Waals surface area contributed by atoms with E-state index in [1.54, 1.807) is 24.3 Å². The second kappa shape index (κ2) is 9.41. The van der Waals surface area contributed by atoms with Crippen LogP contribution in [0.1, 0.15) is 11.3 Å². The molecule has 4 rings (SSSR count). The molecule has 0 saturated carbocycles. The SMILES string of the molecule is Nc1cc(NC(=O)/C=C/c2ccc(-c3cccc(C(F)(F)F)c3)o2)ccc1N1CCOCC1. The summed E-state index contributed by atoms with van der Waals surface area (Å²) in [5.74, 6) is 0.206. The second-order valence-corrected chi connectivity index (χ2v) is 7.48. The van der Waals surface area contributed by atoms with Crippen LogP contribution in [0.5, 0.6) is 0 Å². The molecule has 172 valence electrons. The Morgan fingerprint density at radius 1 is 1.06 bits per heavy atom. The number of nitrogen functional groups attached to an aromatic ring is 1. The van der Waals surface area contributed by atoms with Gasteiger partial charge in [-0.05, 0) is 48.5 Å². The summed E-state index contributed by atoms with van der Waals surface area (Å²) in [4.78, 5) is 14.4. The number of anilines is 3. The fourth-order valence-electron chi connectivity index (χ4n) is 3.51. The van der Waals surface area contributed by atoms with Gasteiger partial charge < -0.3 is 25.1 Å². The number of rotatable bonds is 5. The molecular formula is C24H22F3N3O3. The largest absolute Gasteiger partial charge is 0.457 e. The molecule has 1 fully saturated rings. The van der Waals surface area contributed by atoms with Crippen molar-refractivity contribution < 1.29 is 27.1 Å². The van der Waals surface area contributed by atoms with Crippen LogP contribution in [0.15, 0.2) is 65.1 Å². The van der Waals surface area contributed by atoms with Crippen molar-refractivity contribution in [2.24, 2.45) is 0 Å². The van der Waals surface area contributed by atoms with E-state index in [2.05, 4.69) is 10.2 Å². The molecule has 1 saturated heterocycles. The number of nitrogens with two attached hydrogens (primary N) is 1. The number of amides is 1. The van der Waals surface area contributed by atoms with Gasteiger partial charge in [-0.2, -0.15) is 13.2 Å². The zero-order chi connectivity index (χ0) is 23.4. The fourth-order valence-corrected chi connectivity index (χ4v) is 3.51. The summed E-state index contributed by atoms with van der Waals surface area (Å²) in [5, 5.41) is 2.73. The molecule has 1 aliphatic rings. The number of hydrogen-bond donors (Lipinski definition) is 2. The minimum Gasteiger partial charge on any atom is -0.457 e. The first-order chi connectivity index (χ1) is 15.8. The van der Waals surface area contributed by atoms with Crippen LogP contribution in [0.25, 0.3) is 17.4 Å². The maximum Gasteiger partial charge on any atom is 0.416 e. The van der Waals surface area contributed by atoms with Gasteiger partial charge in [-0.3, -0.25) is 4.79 Å². The molecule has 1 amide bonds. The number of carbonyl (C=O) groups is 1. The van der Waals surface area contributed by atoms with Gasteiger partial charge in [0, 0.05) is 30.4 Å². The number of nitrogens with one attached hydrogen (secondary N) is 1. The number of morpholine rings is 1. The zero-order valence-corrected chi connectivity index (χ0v) is 17.6. The van der Waals surface area contributed by atoms with Crippen molar-refractivity contribution in [1.82, 2.24) is 0 Å². The quantitative estimate of drug-likeness (QED) is 0.415. The number of alkyl halides is 3. The average molecular weight is 457 g/mol. The van der Waals surface area contributed by atoms with Crippen molar-refractivity contribution in [2.45, 2.75) is 6.18 Å². The van der Waals surface area contributed by atoms with Crippen LogP contribution in [0.3, 0.4) is 0 Å². The molecule has 2 aromatic carbocycles. The lowest BCUT2D eigenvalue weighted by molar-refractivity contribution is -0.137. The Hall–Kier alpha value is -3.72. The van der Waals surface area contributed by atoms with Crippen molar-refractivity contribution in [3.63, 3.8) is 0 Å². The highest BCUT2D eigenvalue weighted by Gasteiger charge is 2.30. The van der Waals surface area contributed by atoms with E-state index >= 15 is 0 Å². The van der Waals surface area contributed by atoms with Crippen molar-refractivity contribution in [3.8, 4) is 11.3 Å². The third kappa shape index (κ3) is 5.56. The molecule has 6 nitrogen and oxygen atoms in total. The maximum absolute atomic E-state index is 12.9. The standard InChI is InChI=1S/C24H22F3N3O3/c25-24(26,27)17-3-1-2-16(14-17)22-8-5-19(33-22)6-9-23(31)29-18-4-7-21(20(28)15-18)30-10-12-32-13-11-30/h1-9,14-15H,10-13,28H2,(H,29,31)/b9-6+. The molecule has 33 heavy (non-hydrogen) atoms. The van der Waals surface area contributed by atoms with E-state index in [4.69, 9.17) is 14.9 Å². The number of hydrogen-bond acceptors (Lipinski definition) is 5. The molecule has 0 aliphatic carbocycles. The van der Waals surface area contributed by atoms with E-state index in [-0.39, 0.29) is 5.76 Å². The van der Waals surface area contributed by atoms with Gasteiger partial charge in [0.15, 0.2) is 0 Å². The van der Waals surface area contributed by atoms with Gasteiger partial charge in [0.1, 0.15) is 11.5 Å². The first-order valence-electron chi connectivity index (χ1n) is 10.3. The van der Waals surface area contributed by atoms with Crippen LogP contribution >= 0.6 is 0 Å². The molecule has 3 aromatic rings. The van der Waals surface area contributed by atoms with E-state index in [9.17, 15) is 18.0 Å². The third-order valence-corrected chi connectivity index (χ3v) is 5.15. The zero-order valence-electron chi connectivity index (χ0n) is 17.6. The Morgan fingerprint density at radius 2 is 1.85 bits per heavy atom. The molecule has 2 heterocycles. The average Bonchev–Trinajstić information content (AvgIpc) is 3.27. The van der Waals surface area contributed by atoms with E-state index in [0.717, 1.165) is 30.9 Å². The minimum atomic E-state index is -4.44. The summed E-state index contributed by atoms with van der Waals surface area (Å²) >= 11 is 0. The number of nitrogens with zero attached hydrogens (tertiary/aromatic N) is 1. The summed E-state index contributed by atoms with van der Waals surface area (Å²) in [5.41, 5.74) is 7.68. The number of furan rings is 1. The van der Waals surface area contributed by atoms with Crippen LogP contribution in [-0.4, -0.2) is 32.2 Å². The van der Waals surface area contributed by atoms with Gasteiger partial charge >= 0.3 is 6.18 Å². The maximum atomic E-state index is 12.9. The lowest BCUT2D eigenvalue weighted by Gasteiger charge is -2.30. The Labute approximate surface area is 188 Å². The number of ether oxygens (including phenoxy) is 1. The van der Waals surface area contributed by atoms with Crippen molar-refractivity contribution in [2.75, 3.05) is 42.3 Å². The molecule has 3 N–H and O–H groups in total. The van der Waals surface area contributed by atoms with E-state index < -0.39 is 17.6 Å². The Bertz CT molecular complexity index is 1170. The monoisotopic (exact) mass is 457 g/mol. The number of benzene rings is 2. The minimum absolute atomic E-state index is 0.271. The molecule has 0 radical (unpaired) electrons. The predicted octanol–water partition coefficient (Wildman–Crippen LogP) is 5.04. The first-order valence-corrected chi connectivity index (χ1v) is 10.3. The second-order valence-electron chi connectivity index (χ2n) is 7.48.